The van der Waals surface area contributed by atoms with E-state index < -0.39 is 29.7 Å². The van der Waals surface area contributed by atoms with Gasteiger partial charge < -0.3 is 24.5 Å². The first-order valence-electron chi connectivity index (χ1n) is 19.9. The Balaban J connectivity index is 1.05. The third-order valence-electron chi connectivity index (χ3n) is 12.8. The van der Waals surface area contributed by atoms with Crippen LogP contribution >= 0.6 is 0 Å². The second kappa shape index (κ2) is 13.1. The Morgan fingerprint density at radius 2 is 1.47 bits per heavy atom. The smallest absolute Gasteiger partial charge is 0.336 e. The third kappa shape index (κ3) is 5.46. The van der Waals surface area contributed by atoms with E-state index in [2.05, 4.69) is 21.6 Å². The lowest BCUT2D eigenvalue weighted by Crippen LogP contribution is -2.45. The molecule has 0 radical (unpaired) electrons. The molecule has 0 aliphatic carbocycles. The Morgan fingerprint density at radius 1 is 0.764 bits per heavy atom. The number of nitrogens with zero attached hydrogens (tertiary/aromatic N) is 4. The lowest BCUT2D eigenvalue weighted by Gasteiger charge is -2.39. The van der Waals surface area contributed by atoms with Crippen LogP contribution in [0.15, 0.2) is 30.3 Å². The van der Waals surface area contributed by atoms with Crippen LogP contribution in [0.25, 0.3) is 5.57 Å². The van der Waals surface area contributed by atoms with Crippen molar-refractivity contribution in [2.75, 3.05) is 44.2 Å². The van der Waals surface area contributed by atoms with Crippen molar-refractivity contribution in [1.29, 1.82) is 0 Å². The van der Waals surface area contributed by atoms with Crippen LogP contribution < -0.4 is 24.8 Å². The number of imide groups is 1. The minimum absolute atomic E-state index is 0.0196. The molecule has 3 aromatic carbocycles. The highest BCUT2D eigenvalue weighted by molar-refractivity contribution is 6.03. The van der Waals surface area contributed by atoms with Crippen LogP contribution in [-0.4, -0.2) is 84.0 Å². The van der Waals surface area contributed by atoms with E-state index in [1.54, 1.807) is 17.0 Å². The Morgan fingerprint density at radius 3 is 2.24 bits per heavy atom. The maximum atomic E-state index is 13.9. The van der Waals surface area contributed by atoms with Crippen LogP contribution in [0.5, 0.6) is 11.5 Å². The van der Waals surface area contributed by atoms with E-state index in [1.165, 1.54) is 39.4 Å². The summed E-state index contributed by atoms with van der Waals surface area (Å²) in [5.74, 6) is -2.05. The van der Waals surface area contributed by atoms with Gasteiger partial charge in [-0.3, -0.25) is 14.4 Å². The van der Waals surface area contributed by atoms with Crippen molar-refractivity contribution in [3.63, 3.8) is 0 Å². The molecule has 2 saturated heterocycles. The topological polar surface area (TPSA) is 137 Å². The first-order valence-corrected chi connectivity index (χ1v) is 19.9. The molecule has 0 saturated carbocycles. The molecule has 55 heavy (non-hydrogen) atoms. The molecule has 0 unspecified atom stereocenters. The molecule has 12 nitrogen and oxygen atoms in total. The number of carboxylic acids is 1. The van der Waals surface area contributed by atoms with Gasteiger partial charge in [0.1, 0.15) is 24.6 Å². The van der Waals surface area contributed by atoms with Gasteiger partial charge in [0.25, 0.3) is 17.7 Å². The van der Waals surface area contributed by atoms with Crippen molar-refractivity contribution in [3.05, 3.63) is 85.4 Å². The van der Waals surface area contributed by atoms with E-state index in [0.29, 0.717) is 23.5 Å². The average Bonchev–Trinajstić information content (AvgIpc) is 3.52. The van der Waals surface area contributed by atoms with Crippen LogP contribution in [0.2, 0.25) is 0 Å². The van der Waals surface area contributed by atoms with Crippen molar-refractivity contribution in [2.45, 2.75) is 77.0 Å². The molecule has 0 atom stereocenters. The summed E-state index contributed by atoms with van der Waals surface area (Å²) < 4.78 is 9.63. The molecule has 7 heterocycles. The van der Waals surface area contributed by atoms with E-state index in [0.717, 1.165) is 105 Å². The molecule has 3 amide bonds. The zero-order valence-electron chi connectivity index (χ0n) is 30.8. The lowest BCUT2D eigenvalue weighted by molar-refractivity contribution is -0.201. The quantitative estimate of drug-likeness (QED) is 0.241. The van der Waals surface area contributed by atoms with Crippen LogP contribution in [0.1, 0.15) is 105 Å². The maximum absolute atomic E-state index is 13.9. The Kier molecular flexibility index (Phi) is 8.07. The van der Waals surface area contributed by atoms with Crippen molar-refractivity contribution in [2.24, 2.45) is 5.92 Å². The standard InChI is InChI=1S/C43H42N4O8/c48-34-11-12-35(49)47(34)55-43(53)24-13-19-46(20-14-24)41(50)27-9-10-28(31(23-27)42(51)52)36-32-21-25-5-1-15-44-17-3-7-29(37(25)44)39(32)54-40-30-8-4-18-45-16-2-6-26(38(30)45)22-33(36)40/h9-10,21-24H,1-8,11-20H2/p+1. The van der Waals surface area contributed by atoms with Gasteiger partial charge in [0, 0.05) is 90.6 Å². The molecular weight excluding hydrogens is 700 g/mol. The summed E-state index contributed by atoms with van der Waals surface area (Å²) >= 11 is 0. The summed E-state index contributed by atoms with van der Waals surface area (Å²) in [6, 6.07) is 9.52. The van der Waals surface area contributed by atoms with Crippen LogP contribution in [0, 0.1) is 5.92 Å². The molecule has 7 aliphatic rings. The number of carbonyl (C=O) groups is 5. The third-order valence-corrected chi connectivity index (χ3v) is 12.8. The molecular formula is C43H43N4O8+. The average molecular weight is 744 g/mol. The van der Waals surface area contributed by atoms with Gasteiger partial charge in [-0.15, -0.1) is 5.06 Å². The molecule has 12 heteroatoms. The summed E-state index contributed by atoms with van der Waals surface area (Å²) in [5.41, 5.74) is 8.94. The van der Waals surface area contributed by atoms with Gasteiger partial charge in [0.05, 0.1) is 17.0 Å². The summed E-state index contributed by atoms with van der Waals surface area (Å²) in [6.07, 6.45) is 8.55. The Bertz CT molecular complexity index is 2370. The molecule has 10 rings (SSSR count). The van der Waals surface area contributed by atoms with Crippen molar-refractivity contribution < 1.29 is 38.7 Å². The molecule has 0 aromatic heterocycles. The minimum Gasteiger partial charge on any atom is -0.478 e. The van der Waals surface area contributed by atoms with Crippen molar-refractivity contribution in [3.8, 4) is 11.5 Å². The number of anilines is 1. The monoisotopic (exact) mass is 743 g/mol. The molecule has 2 fully saturated rings. The van der Waals surface area contributed by atoms with Gasteiger partial charge >= 0.3 is 11.9 Å². The second-order valence-electron chi connectivity index (χ2n) is 16.0. The highest BCUT2D eigenvalue weighted by Gasteiger charge is 2.39. The maximum Gasteiger partial charge on any atom is 0.336 e. The SMILES string of the molecule is O=C(O)c1cc(C(=O)N2CCC(C(=O)ON3C(=O)CCC3=O)CC2)ccc1C1=c2cc3c4c(c2Oc2c1cc1c5c2CCCN5CCC1)CCC[N+]=4CCC3. The number of carboxylic acid groups (broad SMARTS) is 1. The van der Waals surface area contributed by atoms with Gasteiger partial charge in [0.2, 0.25) is 5.36 Å². The minimum atomic E-state index is -1.12. The van der Waals surface area contributed by atoms with E-state index in [4.69, 9.17) is 9.57 Å². The van der Waals surface area contributed by atoms with E-state index in [1.807, 2.05) is 0 Å². The summed E-state index contributed by atoms with van der Waals surface area (Å²) in [4.78, 5) is 73.2. The number of fused-ring (bicyclic) bond motifs is 4. The number of rotatable bonds is 5. The Hall–Kier alpha value is -5.52. The number of aromatic carboxylic acids is 1. The highest BCUT2D eigenvalue weighted by Crippen LogP contribution is 2.49. The number of aryl methyl sites for hydroxylation is 2. The van der Waals surface area contributed by atoms with Gasteiger partial charge in [-0.05, 0) is 86.8 Å². The first-order chi connectivity index (χ1) is 26.7. The number of hydroxylamine groups is 2. The zero-order chi connectivity index (χ0) is 37.5. The molecule has 282 valence electrons. The Labute approximate surface area is 317 Å². The summed E-state index contributed by atoms with van der Waals surface area (Å²) in [6.45, 7) is 4.61. The molecule has 0 spiro atoms. The molecule has 1 N–H and O–H groups in total. The lowest BCUT2D eigenvalue weighted by atomic mass is 9.81. The molecule has 3 aromatic rings. The van der Waals surface area contributed by atoms with E-state index in [-0.39, 0.29) is 43.0 Å². The van der Waals surface area contributed by atoms with Gasteiger partial charge in [-0.1, -0.05) is 6.07 Å². The second-order valence-corrected chi connectivity index (χ2v) is 16.0. The largest absolute Gasteiger partial charge is 0.478 e. The summed E-state index contributed by atoms with van der Waals surface area (Å²) in [5, 5.41) is 13.6. The predicted octanol–water partition coefficient (Wildman–Crippen LogP) is 3.28. The first kappa shape index (κ1) is 34.0. The van der Waals surface area contributed by atoms with Gasteiger partial charge in [-0.25, -0.2) is 14.2 Å². The molecule has 7 aliphatic heterocycles. The number of piperidine rings is 1. The number of carbonyl (C=O) groups excluding carboxylic acids is 4. The fourth-order valence-corrected chi connectivity index (χ4v) is 10.2. The number of hydrogen-bond donors (Lipinski definition) is 1. The van der Waals surface area contributed by atoms with Crippen molar-refractivity contribution >= 4 is 40.9 Å². The van der Waals surface area contributed by atoms with Crippen LogP contribution in [-0.2, 0) is 44.9 Å². The predicted molar refractivity (Wildman–Crippen MR) is 199 cm³/mol. The fourth-order valence-electron chi connectivity index (χ4n) is 10.2. The van der Waals surface area contributed by atoms with E-state index >= 15 is 0 Å². The van der Waals surface area contributed by atoms with E-state index in [9.17, 15) is 29.1 Å². The van der Waals surface area contributed by atoms with Gasteiger partial charge in [0.15, 0.2) is 0 Å². The normalized spacial score (nSPS) is 20.0. The number of likely N-dealkylation sites (tertiary alicyclic amines) is 1. The van der Waals surface area contributed by atoms with Gasteiger partial charge in [-0.2, -0.15) is 0 Å². The number of amides is 3. The van der Waals surface area contributed by atoms with Crippen LogP contribution in [0.4, 0.5) is 5.69 Å². The fraction of sp³-hybridized carbons (Fsp3) is 0.442. The van der Waals surface area contributed by atoms with Crippen LogP contribution in [0.3, 0.4) is 0 Å². The molecule has 0 bridgehead atoms. The number of ether oxygens (including phenoxy) is 1. The number of hydrogen-bond acceptors (Lipinski definition) is 8. The highest BCUT2D eigenvalue weighted by atomic mass is 16.7. The summed E-state index contributed by atoms with van der Waals surface area (Å²) in [7, 11) is 0. The van der Waals surface area contributed by atoms with Crippen molar-refractivity contribution in [1.82, 2.24) is 14.5 Å². The number of benzene rings is 3. The zero-order valence-corrected chi connectivity index (χ0v) is 30.8.